The van der Waals surface area contributed by atoms with E-state index in [-0.39, 0.29) is 0 Å². The number of rotatable bonds is 0. The maximum absolute atomic E-state index is 8.88. The van der Waals surface area contributed by atoms with Gasteiger partial charge >= 0.3 is 7.82 Å². The average molecular weight is 164 g/mol. The molecule has 52 valence electrons. The summed E-state index contributed by atoms with van der Waals surface area (Å²) < 4.78 is 17.5. The molecule has 0 heterocycles. The Morgan fingerprint density at radius 1 is 1.25 bits per heavy atom. The van der Waals surface area contributed by atoms with Crippen molar-refractivity contribution in [2.75, 3.05) is 0 Å². The van der Waals surface area contributed by atoms with Gasteiger partial charge in [0.15, 0.2) is 8.69 Å². The Labute approximate surface area is 46.3 Å². The summed E-state index contributed by atoms with van der Waals surface area (Å²) >= 11 is 0. The SMILES string of the molecule is O=P(O)(O)O.O=[PH2]O. The fraction of sp³-hybridized carbons (Fsp3) is 0. The summed E-state index contributed by atoms with van der Waals surface area (Å²) in [6, 6.07) is 0. The molecule has 0 aliphatic carbocycles. The van der Waals surface area contributed by atoms with Gasteiger partial charge in [-0.1, -0.05) is 0 Å². The summed E-state index contributed by atoms with van der Waals surface area (Å²) in [6.45, 7) is 0. The van der Waals surface area contributed by atoms with E-state index in [2.05, 4.69) is 0 Å². The summed E-state index contributed by atoms with van der Waals surface area (Å²) in [4.78, 5) is 28.7. The average Bonchev–Trinajstić information content (AvgIpc) is 1.27. The van der Waals surface area contributed by atoms with Gasteiger partial charge in [-0.25, -0.2) is 4.57 Å². The molecular weight excluding hydrogens is 158 g/mol. The van der Waals surface area contributed by atoms with Crippen LogP contribution in [0.25, 0.3) is 0 Å². The molecule has 0 aromatic rings. The molecule has 6 nitrogen and oxygen atoms in total. The van der Waals surface area contributed by atoms with Crippen LogP contribution in [0.1, 0.15) is 0 Å². The van der Waals surface area contributed by atoms with Crippen LogP contribution >= 0.6 is 16.5 Å². The van der Waals surface area contributed by atoms with Crippen LogP contribution in [0.5, 0.6) is 0 Å². The van der Waals surface area contributed by atoms with Crippen LogP contribution in [0.3, 0.4) is 0 Å². The molecular formula is H6O6P2. The predicted octanol–water partition coefficient (Wildman–Crippen LogP) is -1.28. The normalized spacial score (nSPS) is 11.0. The lowest BCUT2D eigenvalue weighted by atomic mass is 15.8. The van der Waals surface area contributed by atoms with E-state index >= 15 is 0 Å². The quantitative estimate of drug-likeness (QED) is 0.331. The molecule has 0 aliphatic heterocycles. The van der Waals surface area contributed by atoms with Crippen molar-refractivity contribution in [3.8, 4) is 0 Å². The molecule has 0 bridgehead atoms. The van der Waals surface area contributed by atoms with E-state index in [1.54, 1.807) is 0 Å². The minimum atomic E-state index is -4.64. The largest absolute Gasteiger partial charge is 0.466 e. The van der Waals surface area contributed by atoms with Gasteiger partial charge in [0.1, 0.15) is 0 Å². The van der Waals surface area contributed by atoms with Crippen LogP contribution < -0.4 is 0 Å². The summed E-state index contributed by atoms with van der Waals surface area (Å²) in [7, 11) is -6.14. The van der Waals surface area contributed by atoms with Crippen LogP contribution in [-0.4, -0.2) is 19.6 Å². The van der Waals surface area contributed by atoms with Crippen LogP contribution in [0.15, 0.2) is 0 Å². The molecule has 0 aromatic heterocycles. The number of hydrogen-bond donors (Lipinski definition) is 4. The number of phosphoric acid groups is 1. The highest BCUT2D eigenvalue weighted by Gasteiger charge is 2.00. The number of hydrogen-bond acceptors (Lipinski definition) is 2. The molecule has 0 saturated carbocycles. The summed E-state index contributed by atoms with van der Waals surface area (Å²) in [6.07, 6.45) is 0. The van der Waals surface area contributed by atoms with E-state index in [9.17, 15) is 0 Å². The Kier molecular flexibility index (Phi) is 7.57. The van der Waals surface area contributed by atoms with Crippen LogP contribution in [0.4, 0.5) is 0 Å². The first-order chi connectivity index (χ1) is 3.41. The Morgan fingerprint density at radius 2 is 1.25 bits per heavy atom. The highest BCUT2D eigenvalue weighted by Crippen LogP contribution is 2.25. The van der Waals surface area contributed by atoms with E-state index in [4.69, 9.17) is 28.7 Å². The van der Waals surface area contributed by atoms with Crippen molar-refractivity contribution >= 4 is 16.5 Å². The summed E-state index contributed by atoms with van der Waals surface area (Å²) in [5, 5.41) is 0. The standard InChI is InChI=1S/H3O4P.H3O2P/c1-5(2,3)4;1-3-2/h(H3,1,2,3,4);3H2,(H,1,2). The fourth-order valence-electron chi connectivity index (χ4n) is 0. The molecule has 0 aromatic carbocycles. The fourth-order valence-corrected chi connectivity index (χ4v) is 0. The van der Waals surface area contributed by atoms with Crippen molar-refractivity contribution in [2.45, 2.75) is 0 Å². The van der Waals surface area contributed by atoms with E-state index in [1.807, 2.05) is 0 Å². The van der Waals surface area contributed by atoms with Crippen molar-refractivity contribution in [3.63, 3.8) is 0 Å². The van der Waals surface area contributed by atoms with Crippen molar-refractivity contribution in [3.05, 3.63) is 0 Å². The Morgan fingerprint density at radius 3 is 1.25 bits per heavy atom. The van der Waals surface area contributed by atoms with Crippen molar-refractivity contribution < 1.29 is 28.7 Å². The van der Waals surface area contributed by atoms with Gasteiger partial charge in [-0.05, 0) is 0 Å². The minimum Gasteiger partial charge on any atom is -0.348 e. The molecule has 0 fully saturated rings. The molecule has 1 unspecified atom stereocenters. The van der Waals surface area contributed by atoms with Gasteiger partial charge in [-0.2, -0.15) is 0 Å². The van der Waals surface area contributed by atoms with E-state index < -0.39 is 16.5 Å². The zero-order valence-corrected chi connectivity index (χ0v) is 5.68. The molecule has 1 atom stereocenters. The van der Waals surface area contributed by atoms with E-state index in [1.165, 1.54) is 0 Å². The molecule has 8 heteroatoms. The molecule has 8 heavy (non-hydrogen) atoms. The smallest absolute Gasteiger partial charge is 0.348 e. The first-order valence-electron chi connectivity index (χ1n) is 1.28. The molecule has 0 saturated heterocycles. The lowest BCUT2D eigenvalue weighted by molar-refractivity contribution is 0.275. The molecule has 0 spiro atoms. The third-order valence-corrected chi connectivity index (χ3v) is 0. The van der Waals surface area contributed by atoms with Crippen molar-refractivity contribution in [1.82, 2.24) is 0 Å². The van der Waals surface area contributed by atoms with E-state index in [0.29, 0.717) is 0 Å². The molecule has 0 aliphatic rings. The summed E-state index contributed by atoms with van der Waals surface area (Å²) in [5.41, 5.74) is 0. The van der Waals surface area contributed by atoms with Gasteiger partial charge in [-0.3, -0.25) is 4.57 Å². The van der Waals surface area contributed by atoms with Crippen molar-refractivity contribution in [2.24, 2.45) is 0 Å². The Hall–Kier alpha value is 0.300. The lowest BCUT2D eigenvalue weighted by Crippen LogP contribution is -1.66. The predicted molar refractivity (Wildman–Crippen MR) is 26.9 cm³/mol. The first-order valence-corrected chi connectivity index (χ1v) is 3.83. The van der Waals surface area contributed by atoms with Crippen molar-refractivity contribution in [1.29, 1.82) is 0 Å². The van der Waals surface area contributed by atoms with Crippen LogP contribution in [0, 0.1) is 0 Å². The van der Waals surface area contributed by atoms with Gasteiger partial charge in [0, 0.05) is 0 Å². The topological polar surface area (TPSA) is 115 Å². The second-order valence-electron chi connectivity index (χ2n) is 0.619. The van der Waals surface area contributed by atoms with Gasteiger partial charge < -0.3 is 19.6 Å². The molecule has 0 rings (SSSR count). The minimum absolute atomic E-state index is 1.50. The maximum atomic E-state index is 8.88. The van der Waals surface area contributed by atoms with Gasteiger partial charge in [0.25, 0.3) is 0 Å². The third kappa shape index (κ3) is 1970. The molecule has 0 radical (unpaired) electrons. The zero-order valence-electron chi connectivity index (χ0n) is 3.63. The third-order valence-electron chi connectivity index (χ3n) is 0. The highest BCUT2D eigenvalue weighted by atomic mass is 31.2. The second-order valence-corrected chi connectivity index (χ2v) is 1.86. The monoisotopic (exact) mass is 164 g/mol. The van der Waals surface area contributed by atoms with Gasteiger partial charge in [0.2, 0.25) is 0 Å². The highest BCUT2D eigenvalue weighted by molar-refractivity contribution is 7.45. The lowest BCUT2D eigenvalue weighted by Gasteiger charge is -1.82. The molecule has 0 amide bonds. The Balaban J connectivity index is 0. The Bertz CT molecular complexity index is 80.4. The maximum Gasteiger partial charge on any atom is 0.466 e. The van der Waals surface area contributed by atoms with Crippen LogP contribution in [0.2, 0.25) is 0 Å². The zero-order chi connectivity index (χ0) is 7.21. The van der Waals surface area contributed by atoms with Gasteiger partial charge in [0.05, 0.1) is 0 Å². The second kappa shape index (κ2) is 5.44. The van der Waals surface area contributed by atoms with E-state index in [0.717, 1.165) is 0 Å². The van der Waals surface area contributed by atoms with Crippen LogP contribution in [-0.2, 0) is 9.13 Å². The molecule has 4 N–H and O–H groups in total. The van der Waals surface area contributed by atoms with Gasteiger partial charge in [-0.15, -0.1) is 0 Å². The summed E-state index contributed by atoms with van der Waals surface area (Å²) in [5.74, 6) is 0. The first kappa shape index (κ1) is 11.1.